The zero-order chi connectivity index (χ0) is 12.8. The summed E-state index contributed by atoms with van der Waals surface area (Å²) in [4.78, 5) is 0. The van der Waals surface area contributed by atoms with E-state index in [1.807, 2.05) is 12.1 Å². The molecule has 0 aliphatic heterocycles. The fraction of sp³-hybridized carbons (Fsp3) is 0.571. The first-order valence-corrected chi connectivity index (χ1v) is 6.04. The van der Waals surface area contributed by atoms with Crippen LogP contribution in [0.4, 0.5) is 0 Å². The van der Waals surface area contributed by atoms with Crippen molar-refractivity contribution in [1.29, 1.82) is 0 Å². The van der Waals surface area contributed by atoms with Gasteiger partial charge in [0.15, 0.2) is 0 Å². The molecule has 3 nitrogen and oxygen atoms in total. The molecule has 1 aromatic rings. The molecule has 1 rings (SSSR count). The summed E-state index contributed by atoms with van der Waals surface area (Å²) in [5.74, 6) is 1.63. The fourth-order valence-corrected chi connectivity index (χ4v) is 2.06. The fourth-order valence-electron chi connectivity index (χ4n) is 2.06. The molecule has 0 aromatic heterocycles. The van der Waals surface area contributed by atoms with E-state index in [0.717, 1.165) is 29.9 Å². The zero-order valence-corrected chi connectivity index (χ0v) is 11.1. The Hall–Kier alpha value is -1.22. The van der Waals surface area contributed by atoms with Gasteiger partial charge in [0.1, 0.15) is 11.5 Å². The standard InChI is InChI=1S/C14H22O3/c1-5-6-11-7-8-13(16-3)12(9-10(2)15)14(11)17-4/h7-8,10,15H,5-6,9H2,1-4H3. The Bertz CT molecular complexity index is 359. The van der Waals surface area contributed by atoms with Gasteiger partial charge in [0.2, 0.25) is 0 Å². The summed E-state index contributed by atoms with van der Waals surface area (Å²) in [6.07, 6.45) is 2.18. The third kappa shape index (κ3) is 3.37. The zero-order valence-electron chi connectivity index (χ0n) is 11.1. The van der Waals surface area contributed by atoms with E-state index in [1.54, 1.807) is 21.1 Å². The molecule has 0 radical (unpaired) electrons. The van der Waals surface area contributed by atoms with Crippen molar-refractivity contribution in [2.24, 2.45) is 0 Å². The lowest BCUT2D eigenvalue weighted by Crippen LogP contribution is -2.09. The van der Waals surface area contributed by atoms with Crippen molar-refractivity contribution in [3.05, 3.63) is 23.3 Å². The molecule has 0 amide bonds. The molecule has 0 bridgehead atoms. The lowest BCUT2D eigenvalue weighted by molar-refractivity contribution is 0.192. The van der Waals surface area contributed by atoms with Crippen molar-refractivity contribution in [2.75, 3.05) is 14.2 Å². The summed E-state index contributed by atoms with van der Waals surface area (Å²) in [6, 6.07) is 3.98. The molecule has 0 saturated carbocycles. The van der Waals surface area contributed by atoms with Crippen molar-refractivity contribution in [3.8, 4) is 11.5 Å². The van der Waals surface area contributed by atoms with E-state index in [-0.39, 0.29) is 0 Å². The molecular formula is C14H22O3. The van der Waals surface area contributed by atoms with E-state index < -0.39 is 6.10 Å². The highest BCUT2D eigenvalue weighted by Gasteiger charge is 2.16. The number of hydrogen-bond acceptors (Lipinski definition) is 3. The van der Waals surface area contributed by atoms with Gasteiger partial charge >= 0.3 is 0 Å². The van der Waals surface area contributed by atoms with Crippen molar-refractivity contribution in [3.63, 3.8) is 0 Å². The van der Waals surface area contributed by atoms with Gasteiger partial charge in [-0.2, -0.15) is 0 Å². The second kappa shape index (κ2) is 6.50. The smallest absolute Gasteiger partial charge is 0.129 e. The molecule has 0 fully saturated rings. The van der Waals surface area contributed by atoms with E-state index in [1.165, 1.54) is 5.56 Å². The normalized spacial score (nSPS) is 12.3. The Morgan fingerprint density at radius 1 is 1.24 bits per heavy atom. The van der Waals surface area contributed by atoms with Gasteiger partial charge in [0, 0.05) is 12.0 Å². The van der Waals surface area contributed by atoms with Gasteiger partial charge in [-0.3, -0.25) is 0 Å². The summed E-state index contributed by atoms with van der Waals surface area (Å²) in [5, 5.41) is 9.56. The Morgan fingerprint density at radius 3 is 2.41 bits per heavy atom. The van der Waals surface area contributed by atoms with E-state index in [0.29, 0.717) is 6.42 Å². The highest BCUT2D eigenvalue weighted by atomic mass is 16.5. The van der Waals surface area contributed by atoms with Gasteiger partial charge in [-0.15, -0.1) is 0 Å². The Morgan fingerprint density at radius 2 is 1.94 bits per heavy atom. The largest absolute Gasteiger partial charge is 0.496 e. The monoisotopic (exact) mass is 238 g/mol. The van der Waals surface area contributed by atoms with Crippen LogP contribution in [0.2, 0.25) is 0 Å². The molecule has 0 aliphatic rings. The lowest BCUT2D eigenvalue weighted by Gasteiger charge is -2.17. The molecule has 3 heteroatoms. The Kier molecular flexibility index (Phi) is 5.29. The first kappa shape index (κ1) is 13.8. The van der Waals surface area contributed by atoms with Crippen LogP contribution >= 0.6 is 0 Å². The van der Waals surface area contributed by atoms with E-state index in [2.05, 4.69) is 6.92 Å². The van der Waals surface area contributed by atoms with Gasteiger partial charge < -0.3 is 14.6 Å². The van der Waals surface area contributed by atoms with Crippen LogP contribution in [0.15, 0.2) is 12.1 Å². The molecule has 1 aromatic carbocycles. The van der Waals surface area contributed by atoms with Crippen molar-refractivity contribution < 1.29 is 14.6 Å². The Balaban J connectivity index is 3.21. The summed E-state index contributed by atoms with van der Waals surface area (Å²) in [5.41, 5.74) is 2.13. The average Bonchev–Trinajstić information content (AvgIpc) is 2.29. The highest BCUT2D eigenvalue weighted by Crippen LogP contribution is 2.34. The van der Waals surface area contributed by atoms with Crippen LogP contribution in [-0.2, 0) is 12.8 Å². The molecule has 1 unspecified atom stereocenters. The summed E-state index contributed by atoms with van der Waals surface area (Å²) < 4.78 is 10.8. The number of hydrogen-bond donors (Lipinski definition) is 1. The van der Waals surface area contributed by atoms with Crippen LogP contribution in [0, 0.1) is 0 Å². The summed E-state index contributed by atoms with van der Waals surface area (Å²) in [6.45, 7) is 3.91. The molecule has 17 heavy (non-hydrogen) atoms. The quantitative estimate of drug-likeness (QED) is 0.828. The van der Waals surface area contributed by atoms with Gasteiger partial charge in [-0.1, -0.05) is 19.4 Å². The molecule has 0 saturated heterocycles. The first-order valence-electron chi connectivity index (χ1n) is 6.04. The number of methoxy groups -OCH3 is 2. The minimum atomic E-state index is -0.408. The molecule has 96 valence electrons. The maximum atomic E-state index is 9.56. The maximum absolute atomic E-state index is 9.56. The second-order valence-corrected chi connectivity index (χ2v) is 4.24. The number of aliphatic hydroxyl groups excluding tert-OH is 1. The van der Waals surface area contributed by atoms with E-state index in [9.17, 15) is 5.11 Å². The van der Waals surface area contributed by atoms with E-state index >= 15 is 0 Å². The van der Waals surface area contributed by atoms with Crippen LogP contribution in [0.1, 0.15) is 31.4 Å². The molecule has 0 aliphatic carbocycles. The van der Waals surface area contributed by atoms with Gasteiger partial charge in [-0.25, -0.2) is 0 Å². The topological polar surface area (TPSA) is 38.7 Å². The van der Waals surface area contributed by atoms with E-state index in [4.69, 9.17) is 9.47 Å². The van der Waals surface area contributed by atoms with Gasteiger partial charge in [0.25, 0.3) is 0 Å². The Labute approximate surface area is 103 Å². The SMILES string of the molecule is CCCc1ccc(OC)c(CC(C)O)c1OC. The minimum absolute atomic E-state index is 0.408. The molecule has 1 atom stereocenters. The molecule has 0 spiro atoms. The van der Waals surface area contributed by atoms with Crippen molar-refractivity contribution in [2.45, 2.75) is 39.2 Å². The van der Waals surface area contributed by atoms with Crippen LogP contribution in [0.3, 0.4) is 0 Å². The third-order valence-corrected chi connectivity index (χ3v) is 2.74. The number of aryl methyl sites for hydroxylation is 1. The lowest BCUT2D eigenvalue weighted by atomic mass is 10.00. The van der Waals surface area contributed by atoms with Crippen LogP contribution < -0.4 is 9.47 Å². The molecule has 0 heterocycles. The van der Waals surface area contributed by atoms with Crippen LogP contribution in [0.25, 0.3) is 0 Å². The second-order valence-electron chi connectivity index (χ2n) is 4.24. The minimum Gasteiger partial charge on any atom is -0.496 e. The number of rotatable bonds is 6. The van der Waals surface area contributed by atoms with Crippen molar-refractivity contribution >= 4 is 0 Å². The van der Waals surface area contributed by atoms with Crippen molar-refractivity contribution in [1.82, 2.24) is 0 Å². The summed E-state index contributed by atoms with van der Waals surface area (Å²) >= 11 is 0. The maximum Gasteiger partial charge on any atom is 0.129 e. The number of aliphatic hydroxyl groups is 1. The number of ether oxygens (including phenoxy) is 2. The van der Waals surface area contributed by atoms with Gasteiger partial charge in [0.05, 0.1) is 20.3 Å². The molecular weight excluding hydrogens is 216 g/mol. The molecule has 1 N–H and O–H groups in total. The van der Waals surface area contributed by atoms with Crippen LogP contribution in [-0.4, -0.2) is 25.4 Å². The third-order valence-electron chi connectivity index (χ3n) is 2.74. The highest BCUT2D eigenvalue weighted by molar-refractivity contribution is 5.50. The average molecular weight is 238 g/mol. The van der Waals surface area contributed by atoms with Gasteiger partial charge in [-0.05, 0) is 25.0 Å². The number of benzene rings is 1. The first-order chi connectivity index (χ1) is 8.13. The predicted molar refractivity (Wildman–Crippen MR) is 68.9 cm³/mol. The predicted octanol–water partition coefficient (Wildman–Crippen LogP) is 2.58. The summed E-state index contributed by atoms with van der Waals surface area (Å²) in [7, 11) is 3.30. The van der Waals surface area contributed by atoms with Crippen LogP contribution in [0.5, 0.6) is 11.5 Å².